The standard InChI is InChI=1S/C23H29N3O2S.C13H19NO2/c1-23(2,3)28-22(27)26(16-14-18-10-5-4-6-11-18)15-9-17-29-21-24-19-12-7-8-13-20(19)25-21;1-13(2,3)16-12(15)14-10-9-11-7-5-4-6-8-11/h4-8,10-13H,9,14-17H2,1-3H3,(H,24,25);4-8H,9-10H2,1-3H3,(H,14,15). The summed E-state index contributed by atoms with van der Waals surface area (Å²) < 4.78 is 10.7. The number of H-pyrrole nitrogens is 1. The Bertz CT molecular complexity index is 1410. The van der Waals surface area contributed by atoms with Gasteiger partial charge in [-0.15, -0.1) is 0 Å². The number of amides is 2. The van der Waals surface area contributed by atoms with Gasteiger partial charge in [0, 0.05) is 25.4 Å². The second kappa shape index (κ2) is 17.5. The highest BCUT2D eigenvalue weighted by atomic mass is 32.2. The summed E-state index contributed by atoms with van der Waals surface area (Å²) in [6, 6.07) is 28.3. The molecule has 0 atom stereocenters. The van der Waals surface area contributed by atoms with Crippen molar-refractivity contribution in [1.82, 2.24) is 20.2 Å². The molecule has 0 unspecified atom stereocenters. The fourth-order valence-electron chi connectivity index (χ4n) is 4.22. The normalized spacial score (nSPS) is 11.3. The molecule has 0 spiro atoms. The van der Waals surface area contributed by atoms with Crippen LogP contribution in [0.3, 0.4) is 0 Å². The second-order valence-electron chi connectivity index (χ2n) is 12.6. The van der Waals surface area contributed by atoms with E-state index >= 15 is 0 Å². The Hall–Kier alpha value is -3.98. The molecule has 4 rings (SSSR count). The summed E-state index contributed by atoms with van der Waals surface area (Å²) >= 11 is 1.68. The molecule has 9 heteroatoms. The lowest BCUT2D eigenvalue weighted by atomic mass is 10.1. The molecular formula is C36H48N4O4S. The van der Waals surface area contributed by atoms with Crippen LogP contribution < -0.4 is 5.32 Å². The molecule has 4 aromatic rings. The first kappa shape index (κ1) is 35.5. The van der Waals surface area contributed by atoms with Gasteiger partial charge < -0.3 is 24.7 Å². The van der Waals surface area contributed by atoms with Gasteiger partial charge in [-0.3, -0.25) is 0 Å². The zero-order valence-electron chi connectivity index (χ0n) is 27.5. The summed E-state index contributed by atoms with van der Waals surface area (Å²) in [5.41, 5.74) is 3.53. The van der Waals surface area contributed by atoms with Gasteiger partial charge in [-0.1, -0.05) is 84.6 Å². The minimum atomic E-state index is -0.495. The number of carbonyl (C=O) groups excluding carboxylic acids is 2. The van der Waals surface area contributed by atoms with Gasteiger partial charge in [-0.05, 0) is 84.1 Å². The number of nitrogens with one attached hydrogen (secondary N) is 2. The molecule has 3 aromatic carbocycles. The quantitative estimate of drug-likeness (QED) is 0.128. The van der Waals surface area contributed by atoms with Crippen molar-refractivity contribution in [2.75, 3.05) is 25.4 Å². The smallest absolute Gasteiger partial charge is 0.410 e. The fourth-order valence-corrected chi connectivity index (χ4v) is 5.03. The van der Waals surface area contributed by atoms with Crippen LogP contribution in [0, 0.1) is 0 Å². The number of aromatic nitrogens is 2. The first-order valence-corrected chi connectivity index (χ1v) is 16.5. The molecule has 1 aromatic heterocycles. The summed E-state index contributed by atoms with van der Waals surface area (Å²) in [5.74, 6) is 0.879. The molecule has 242 valence electrons. The number of aromatic amines is 1. The van der Waals surface area contributed by atoms with Crippen LogP contribution in [0.5, 0.6) is 0 Å². The molecule has 0 fully saturated rings. The number of imidazole rings is 1. The number of alkyl carbamates (subject to hydrolysis) is 1. The van der Waals surface area contributed by atoms with E-state index in [0.717, 1.165) is 41.2 Å². The highest BCUT2D eigenvalue weighted by Gasteiger charge is 2.22. The summed E-state index contributed by atoms with van der Waals surface area (Å²) in [7, 11) is 0. The SMILES string of the molecule is CC(C)(C)OC(=O)N(CCCSc1nc2ccccc2[nH]1)CCc1ccccc1.CC(C)(C)OC(=O)NCCc1ccccc1. The third-order valence-corrected chi connectivity index (χ3v) is 7.23. The van der Waals surface area contributed by atoms with E-state index in [-0.39, 0.29) is 12.2 Å². The van der Waals surface area contributed by atoms with Crippen LogP contribution in [0.1, 0.15) is 59.1 Å². The van der Waals surface area contributed by atoms with E-state index in [4.69, 9.17) is 9.47 Å². The van der Waals surface area contributed by atoms with Crippen LogP contribution in [0.25, 0.3) is 11.0 Å². The Labute approximate surface area is 272 Å². The average Bonchev–Trinajstić information content (AvgIpc) is 3.39. The van der Waals surface area contributed by atoms with Crippen molar-refractivity contribution in [3.8, 4) is 0 Å². The van der Waals surface area contributed by atoms with E-state index < -0.39 is 11.2 Å². The molecule has 0 aliphatic carbocycles. The Morgan fingerprint density at radius 3 is 1.96 bits per heavy atom. The number of thioether (sulfide) groups is 1. The zero-order chi connectivity index (χ0) is 32.7. The lowest BCUT2D eigenvalue weighted by Crippen LogP contribution is -2.38. The number of benzene rings is 3. The van der Waals surface area contributed by atoms with Crippen molar-refractivity contribution < 1.29 is 19.1 Å². The van der Waals surface area contributed by atoms with Crippen molar-refractivity contribution in [2.45, 2.75) is 77.2 Å². The van der Waals surface area contributed by atoms with Gasteiger partial charge in [0.25, 0.3) is 0 Å². The maximum absolute atomic E-state index is 12.6. The predicted octanol–water partition coefficient (Wildman–Crippen LogP) is 8.28. The lowest BCUT2D eigenvalue weighted by Gasteiger charge is -2.27. The van der Waals surface area contributed by atoms with E-state index in [1.54, 1.807) is 11.8 Å². The molecule has 0 saturated carbocycles. The summed E-state index contributed by atoms with van der Waals surface area (Å²) in [6.45, 7) is 13.2. The Balaban J connectivity index is 0.000000292. The summed E-state index contributed by atoms with van der Waals surface area (Å²) in [5, 5.41) is 3.64. The molecule has 0 aliphatic rings. The highest BCUT2D eigenvalue weighted by Crippen LogP contribution is 2.20. The topological polar surface area (TPSA) is 96.6 Å². The Kier molecular flexibility index (Phi) is 13.8. The summed E-state index contributed by atoms with van der Waals surface area (Å²) in [4.78, 5) is 33.7. The van der Waals surface area contributed by atoms with Crippen LogP contribution in [0.4, 0.5) is 9.59 Å². The van der Waals surface area contributed by atoms with Crippen molar-refractivity contribution >= 4 is 35.0 Å². The number of fused-ring (bicyclic) bond motifs is 1. The van der Waals surface area contributed by atoms with Crippen molar-refractivity contribution in [2.24, 2.45) is 0 Å². The van der Waals surface area contributed by atoms with E-state index in [1.165, 1.54) is 11.1 Å². The van der Waals surface area contributed by atoms with Crippen molar-refractivity contribution in [3.63, 3.8) is 0 Å². The third-order valence-electron chi connectivity index (χ3n) is 6.27. The molecule has 2 amide bonds. The maximum atomic E-state index is 12.6. The van der Waals surface area contributed by atoms with Gasteiger partial charge in [0.1, 0.15) is 11.2 Å². The molecular weight excluding hydrogens is 584 g/mol. The van der Waals surface area contributed by atoms with Crippen LogP contribution in [-0.2, 0) is 22.3 Å². The highest BCUT2D eigenvalue weighted by molar-refractivity contribution is 7.99. The van der Waals surface area contributed by atoms with Gasteiger partial charge in [-0.25, -0.2) is 14.6 Å². The van der Waals surface area contributed by atoms with Crippen molar-refractivity contribution in [1.29, 1.82) is 0 Å². The first-order chi connectivity index (χ1) is 21.4. The zero-order valence-corrected chi connectivity index (χ0v) is 28.3. The van der Waals surface area contributed by atoms with Gasteiger partial charge in [0.15, 0.2) is 5.16 Å². The molecule has 0 bridgehead atoms. The maximum Gasteiger partial charge on any atom is 0.410 e. The molecule has 8 nitrogen and oxygen atoms in total. The number of hydrogen-bond acceptors (Lipinski definition) is 6. The average molecular weight is 633 g/mol. The second-order valence-corrected chi connectivity index (χ2v) is 13.7. The third kappa shape index (κ3) is 14.6. The monoisotopic (exact) mass is 632 g/mol. The predicted molar refractivity (Wildman–Crippen MR) is 184 cm³/mol. The number of ether oxygens (including phenoxy) is 2. The number of hydrogen-bond donors (Lipinski definition) is 2. The summed E-state index contributed by atoms with van der Waals surface area (Å²) in [6.07, 6.45) is 1.90. The molecule has 0 radical (unpaired) electrons. The fraction of sp³-hybridized carbons (Fsp3) is 0.417. The molecule has 2 N–H and O–H groups in total. The Morgan fingerprint density at radius 1 is 0.778 bits per heavy atom. The van der Waals surface area contributed by atoms with Gasteiger partial charge in [0.2, 0.25) is 0 Å². The van der Waals surface area contributed by atoms with Crippen molar-refractivity contribution in [3.05, 3.63) is 96.1 Å². The van der Waals surface area contributed by atoms with Crippen LogP contribution in [-0.4, -0.2) is 63.6 Å². The molecule has 0 saturated heterocycles. The van der Waals surface area contributed by atoms with E-state index in [0.29, 0.717) is 19.6 Å². The largest absolute Gasteiger partial charge is 0.444 e. The van der Waals surface area contributed by atoms with Gasteiger partial charge in [-0.2, -0.15) is 0 Å². The van der Waals surface area contributed by atoms with Crippen LogP contribution >= 0.6 is 11.8 Å². The van der Waals surface area contributed by atoms with E-state index in [1.807, 2.05) is 119 Å². The van der Waals surface area contributed by atoms with Gasteiger partial charge >= 0.3 is 12.2 Å². The minimum Gasteiger partial charge on any atom is -0.444 e. The number of nitrogens with zero attached hydrogens (tertiary/aromatic N) is 2. The molecule has 45 heavy (non-hydrogen) atoms. The van der Waals surface area contributed by atoms with Gasteiger partial charge in [0.05, 0.1) is 11.0 Å². The Morgan fingerprint density at radius 2 is 1.36 bits per heavy atom. The number of rotatable bonds is 11. The first-order valence-electron chi connectivity index (χ1n) is 15.5. The van der Waals surface area contributed by atoms with E-state index in [9.17, 15) is 9.59 Å². The number of carbonyl (C=O) groups is 2. The minimum absolute atomic E-state index is 0.248. The van der Waals surface area contributed by atoms with E-state index in [2.05, 4.69) is 27.4 Å². The number of para-hydroxylation sites is 2. The van der Waals surface area contributed by atoms with Crippen LogP contribution in [0.15, 0.2) is 90.1 Å². The van der Waals surface area contributed by atoms with Crippen LogP contribution in [0.2, 0.25) is 0 Å². The molecule has 1 heterocycles. The lowest BCUT2D eigenvalue weighted by molar-refractivity contribution is 0.0252. The molecule has 0 aliphatic heterocycles.